The average Bonchev–Trinajstić information content (AvgIpc) is 2.10. The Morgan fingerprint density at radius 3 is 2.60 bits per heavy atom. The fourth-order valence-electron chi connectivity index (χ4n) is 0.486. The van der Waals surface area contributed by atoms with Gasteiger partial charge in [-0.15, -0.1) is 11.3 Å². The number of carboxylic acids is 1. The van der Waals surface area contributed by atoms with Crippen molar-refractivity contribution >= 4 is 51.5 Å². The van der Waals surface area contributed by atoms with Crippen LogP contribution in [0.25, 0.3) is 0 Å². The van der Waals surface area contributed by atoms with Gasteiger partial charge in [-0.3, -0.25) is 0 Å². The number of carbonyl (C=O) groups is 1. The Bertz CT molecular complexity index is 271. The number of hydrogen-bond donors (Lipinski definition) is 1. The van der Waals surface area contributed by atoms with Crippen LogP contribution < -0.4 is 0 Å². The first-order chi connectivity index (χ1) is 4.61. The lowest BCUT2D eigenvalue weighted by Gasteiger charge is -1.84. The van der Waals surface area contributed by atoms with E-state index >= 15 is 0 Å². The third-order valence-corrected chi connectivity index (χ3v) is 3.01. The summed E-state index contributed by atoms with van der Waals surface area (Å²) in [5, 5.41) is 8.50. The Morgan fingerprint density at radius 2 is 2.40 bits per heavy atom. The first-order valence-corrected chi connectivity index (χ1v) is 4.56. The second-order valence-electron chi connectivity index (χ2n) is 1.54. The highest BCUT2D eigenvalue weighted by molar-refractivity contribution is 14.1. The van der Waals surface area contributed by atoms with E-state index in [4.69, 9.17) is 16.7 Å². The number of hydrogen-bond acceptors (Lipinski definition) is 2. The van der Waals surface area contributed by atoms with Crippen molar-refractivity contribution in [3.63, 3.8) is 0 Å². The third kappa shape index (κ3) is 1.62. The fraction of sp³-hybridized carbons (Fsp3) is 0. The van der Waals surface area contributed by atoms with Gasteiger partial charge in [0, 0.05) is 0 Å². The minimum atomic E-state index is -0.968. The van der Waals surface area contributed by atoms with E-state index in [1.165, 1.54) is 11.3 Å². The Morgan fingerprint density at radius 1 is 1.80 bits per heavy atom. The largest absolute Gasteiger partial charge is 0.478 e. The van der Waals surface area contributed by atoms with E-state index < -0.39 is 5.97 Å². The van der Waals surface area contributed by atoms with Gasteiger partial charge in [0.05, 0.1) is 8.45 Å². The summed E-state index contributed by atoms with van der Waals surface area (Å²) in [5.41, 5.74) is 0.191. The monoisotopic (exact) mass is 288 g/mol. The van der Waals surface area contributed by atoms with Crippen molar-refractivity contribution in [2.24, 2.45) is 0 Å². The van der Waals surface area contributed by atoms with Crippen LogP contribution in [0.1, 0.15) is 10.4 Å². The van der Waals surface area contributed by atoms with Gasteiger partial charge in [0.2, 0.25) is 0 Å². The van der Waals surface area contributed by atoms with Crippen LogP contribution in [0.3, 0.4) is 0 Å². The molecule has 0 aliphatic rings. The lowest BCUT2D eigenvalue weighted by atomic mass is 10.4. The van der Waals surface area contributed by atoms with E-state index in [0.717, 1.165) is 2.88 Å². The molecule has 0 radical (unpaired) electrons. The van der Waals surface area contributed by atoms with E-state index in [1.54, 1.807) is 6.07 Å². The molecule has 2 nitrogen and oxygen atoms in total. The van der Waals surface area contributed by atoms with Crippen molar-refractivity contribution in [1.82, 2.24) is 0 Å². The van der Waals surface area contributed by atoms with Crippen LogP contribution >= 0.6 is 45.5 Å². The Labute approximate surface area is 80.0 Å². The summed E-state index contributed by atoms with van der Waals surface area (Å²) in [6, 6.07) is 1.55. The Hall–Kier alpha value is 0.190. The molecule has 0 saturated heterocycles. The minimum Gasteiger partial charge on any atom is -0.478 e. The lowest BCUT2D eigenvalue weighted by molar-refractivity contribution is 0.0697. The van der Waals surface area contributed by atoms with Gasteiger partial charge in [0.1, 0.15) is 4.34 Å². The maximum absolute atomic E-state index is 10.4. The summed E-state index contributed by atoms with van der Waals surface area (Å²) in [7, 11) is 0. The van der Waals surface area contributed by atoms with Gasteiger partial charge in [-0.25, -0.2) is 4.79 Å². The standard InChI is InChI=1S/C5H2ClIO2S/c6-4-2(5(8)9)1-3(7)10-4/h1H,(H,8,9). The van der Waals surface area contributed by atoms with E-state index in [0.29, 0.717) is 4.34 Å². The fourth-order valence-corrected chi connectivity index (χ4v) is 2.84. The minimum absolute atomic E-state index is 0.191. The highest BCUT2D eigenvalue weighted by atomic mass is 127. The Balaban J connectivity index is 3.15. The average molecular weight is 288 g/mol. The van der Waals surface area contributed by atoms with Crippen molar-refractivity contribution in [3.05, 3.63) is 18.9 Å². The van der Waals surface area contributed by atoms with Crippen LogP contribution in [0.5, 0.6) is 0 Å². The molecular weight excluding hydrogens is 286 g/mol. The quantitative estimate of drug-likeness (QED) is 0.807. The predicted molar refractivity (Wildman–Crippen MR) is 49.0 cm³/mol. The zero-order chi connectivity index (χ0) is 7.72. The van der Waals surface area contributed by atoms with E-state index in [-0.39, 0.29) is 5.56 Å². The van der Waals surface area contributed by atoms with E-state index in [1.807, 2.05) is 22.6 Å². The molecule has 0 unspecified atom stereocenters. The highest BCUT2D eigenvalue weighted by Crippen LogP contribution is 2.28. The second-order valence-corrected chi connectivity index (χ2v) is 5.09. The summed E-state index contributed by atoms with van der Waals surface area (Å²) in [6.45, 7) is 0. The molecule has 1 N–H and O–H groups in total. The van der Waals surface area contributed by atoms with Gasteiger partial charge < -0.3 is 5.11 Å². The first kappa shape index (κ1) is 8.29. The number of aromatic carboxylic acids is 1. The summed E-state index contributed by atoms with van der Waals surface area (Å²) >= 11 is 8.87. The number of halogens is 2. The molecule has 0 aliphatic carbocycles. The first-order valence-electron chi connectivity index (χ1n) is 2.29. The molecule has 54 valence electrons. The predicted octanol–water partition coefficient (Wildman–Crippen LogP) is 2.70. The maximum atomic E-state index is 10.4. The Kier molecular flexibility index (Phi) is 2.54. The molecule has 0 atom stereocenters. The summed E-state index contributed by atoms with van der Waals surface area (Å²) in [5.74, 6) is -0.968. The van der Waals surface area contributed by atoms with Crippen molar-refractivity contribution in [1.29, 1.82) is 0 Å². The van der Waals surface area contributed by atoms with Gasteiger partial charge in [0.15, 0.2) is 0 Å². The zero-order valence-electron chi connectivity index (χ0n) is 4.60. The zero-order valence-corrected chi connectivity index (χ0v) is 8.33. The molecule has 0 aromatic carbocycles. The number of rotatable bonds is 1. The van der Waals surface area contributed by atoms with Crippen LogP contribution in [-0.2, 0) is 0 Å². The molecule has 0 amide bonds. The summed E-state index contributed by atoms with van der Waals surface area (Å²) in [6.07, 6.45) is 0. The lowest BCUT2D eigenvalue weighted by Crippen LogP contribution is -1.92. The van der Waals surface area contributed by atoms with Crippen LogP contribution in [0.4, 0.5) is 0 Å². The van der Waals surface area contributed by atoms with Crippen LogP contribution in [0, 0.1) is 2.88 Å². The van der Waals surface area contributed by atoms with Crippen LogP contribution in [-0.4, -0.2) is 11.1 Å². The summed E-state index contributed by atoms with van der Waals surface area (Å²) < 4.78 is 1.23. The molecule has 10 heavy (non-hydrogen) atoms. The van der Waals surface area contributed by atoms with E-state index in [2.05, 4.69) is 0 Å². The third-order valence-electron chi connectivity index (χ3n) is 0.887. The second kappa shape index (κ2) is 3.06. The summed E-state index contributed by atoms with van der Waals surface area (Å²) in [4.78, 5) is 10.4. The normalized spacial score (nSPS) is 9.80. The van der Waals surface area contributed by atoms with Crippen LogP contribution in [0.15, 0.2) is 6.07 Å². The van der Waals surface area contributed by atoms with Crippen molar-refractivity contribution in [2.75, 3.05) is 0 Å². The van der Waals surface area contributed by atoms with E-state index in [9.17, 15) is 4.79 Å². The van der Waals surface area contributed by atoms with Crippen molar-refractivity contribution in [3.8, 4) is 0 Å². The van der Waals surface area contributed by atoms with Gasteiger partial charge in [0.25, 0.3) is 0 Å². The molecule has 0 aliphatic heterocycles. The molecule has 5 heteroatoms. The molecular formula is C5H2ClIO2S. The molecule has 1 aromatic heterocycles. The molecule has 0 bridgehead atoms. The molecule has 1 rings (SSSR count). The molecule has 0 fully saturated rings. The maximum Gasteiger partial charge on any atom is 0.338 e. The van der Waals surface area contributed by atoms with Gasteiger partial charge >= 0.3 is 5.97 Å². The molecule has 0 saturated carbocycles. The molecule has 1 aromatic rings. The molecule has 1 heterocycles. The van der Waals surface area contributed by atoms with Crippen molar-refractivity contribution in [2.45, 2.75) is 0 Å². The topological polar surface area (TPSA) is 37.3 Å². The van der Waals surface area contributed by atoms with Gasteiger partial charge in [-0.1, -0.05) is 11.6 Å². The van der Waals surface area contributed by atoms with Crippen LogP contribution in [0.2, 0.25) is 4.34 Å². The number of carboxylic acid groups (broad SMARTS) is 1. The number of thiophene rings is 1. The van der Waals surface area contributed by atoms with Gasteiger partial charge in [-0.2, -0.15) is 0 Å². The van der Waals surface area contributed by atoms with Gasteiger partial charge in [-0.05, 0) is 28.7 Å². The van der Waals surface area contributed by atoms with Crippen molar-refractivity contribution < 1.29 is 9.90 Å². The smallest absolute Gasteiger partial charge is 0.338 e. The highest BCUT2D eigenvalue weighted by Gasteiger charge is 2.11. The molecule has 0 spiro atoms. The SMILES string of the molecule is O=C(O)c1cc(I)sc1Cl.